The highest BCUT2D eigenvalue weighted by molar-refractivity contribution is 5.94. The van der Waals surface area contributed by atoms with Gasteiger partial charge in [0.05, 0.1) is 13.7 Å². The predicted molar refractivity (Wildman–Crippen MR) is 108 cm³/mol. The lowest BCUT2D eigenvalue weighted by atomic mass is 9.90. The first-order valence-corrected chi connectivity index (χ1v) is 9.92. The number of amides is 2. The summed E-state index contributed by atoms with van der Waals surface area (Å²) >= 11 is 0. The molecule has 0 unspecified atom stereocenters. The van der Waals surface area contributed by atoms with E-state index in [1.54, 1.807) is 31.4 Å². The summed E-state index contributed by atoms with van der Waals surface area (Å²) in [5.41, 5.74) is 3.18. The number of hydrogen-bond donors (Lipinski definition) is 2. The summed E-state index contributed by atoms with van der Waals surface area (Å²) in [5.74, 6) is 1.94. The molecule has 1 saturated heterocycles. The number of likely N-dealkylation sites (tertiary alicyclic amines) is 1. The topological polar surface area (TPSA) is 93.0 Å². The lowest BCUT2D eigenvalue weighted by Crippen LogP contribution is -2.46. The van der Waals surface area contributed by atoms with E-state index < -0.39 is 5.60 Å². The Balaban J connectivity index is 1.32. The Kier molecular flexibility index (Phi) is 5.50. The van der Waals surface area contributed by atoms with Crippen LogP contribution in [0.25, 0.3) is 0 Å². The maximum atomic E-state index is 12.7. The number of ether oxygens (including phenoxy) is 1. The zero-order valence-corrected chi connectivity index (χ0v) is 17.1. The van der Waals surface area contributed by atoms with Gasteiger partial charge in [-0.05, 0) is 49.4 Å². The first-order chi connectivity index (χ1) is 14.5. The largest absolute Gasteiger partial charge is 0.497 e. The van der Waals surface area contributed by atoms with Crippen LogP contribution in [0.2, 0.25) is 0 Å². The maximum absolute atomic E-state index is 12.7. The molecule has 1 fully saturated rings. The van der Waals surface area contributed by atoms with Crippen LogP contribution in [0.3, 0.4) is 0 Å². The fourth-order valence-electron chi connectivity index (χ4n) is 3.68. The third-order valence-electron chi connectivity index (χ3n) is 5.47. The van der Waals surface area contributed by atoms with Gasteiger partial charge in [-0.3, -0.25) is 19.9 Å². The van der Waals surface area contributed by atoms with E-state index in [4.69, 9.17) is 14.0 Å². The van der Waals surface area contributed by atoms with Gasteiger partial charge in [-0.15, -0.1) is 0 Å². The van der Waals surface area contributed by atoms with Gasteiger partial charge in [0, 0.05) is 31.5 Å². The predicted octanol–water partition coefficient (Wildman–Crippen LogP) is 2.31. The molecule has 30 heavy (non-hydrogen) atoms. The van der Waals surface area contributed by atoms with E-state index in [1.807, 2.05) is 30.0 Å². The number of carbonyl (C=O) groups is 2. The van der Waals surface area contributed by atoms with Gasteiger partial charge in [0.25, 0.3) is 11.8 Å². The van der Waals surface area contributed by atoms with Gasteiger partial charge < -0.3 is 19.4 Å². The molecular weight excluding hydrogens is 386 g/mol. The van der Waals surface area contributed by atoms with Crippen molar-refractivity contribution in [1.29, 1.82) is 0 Å². The van der Waals surface area contributed by atoms with Gasteiger partial charge in [0.2, 0.25) is 0 Å². The third-order valence-corrected chi connectivity index (χ3v) is 5.47. The zero-order chi connectivity index (χ0) is 21.1. The quantitative estimate of drug-likeness (QED) is 0.784. The van der Waals surface area contributed by atoms with Crippen molar-refractivity contribution in [2.75, 3.05) is 20.2 Å². The monoisotopic (exact) mass is 411 g/mol. The number of furan rings is 1. The summed E-state index contributed by atoms with van der Waals surface area (Å²) in [7, 11) is 1.59. The van der Waals surface area contributed by atoms with E-state index in [1.165, 1.54) is 0 Å². The van der Waals surface area contributed by atoms with Gasteiger partial charge >= 0.3 is 0 Å². The first kappa shape index (κ1) is 20.0. The summed E-state index contributed by atoms with van der Waals surface area (Å²) in [6.45, 7) is 3.26. The van der Waals surface area contributed by atoms with E-state index in [0.717, 1.165) is 5.76 Å². The molecule has 2 aliphatic rings. The summed E-state index contributed by atoms with van der Waals surface area (Å²) < 4.78 is 10.6. The number of aryl methyl sites for hydroxylation is 1. The Morgan fingerprint density at radius 2 is 1.90 bits per heavy atom. The molecule has 3 heterocycles. The molecule has 0 radical (unpaired) electrons. The van der Waals surface area contributed by atoms with Gasteiger partial charge in [0.1, 0.15) is 28.6 Å². The van der Waals surface area contributed by atoms with Gasteiger partial charge in [-0.2, -0.15) is 0 Å². The molecule has 0 bridgehead atoms. The molecule has 8 heteroatoms. The van der Waals surface area contributed by atoms with Gasteiger partial charge in [-0.1, -0.05) is 0 Å². The number of hydroxylamine groups is 1. The SMILES string of the molecule is COc1ccc(C(=O)N2CCC3(C=C(C(=O)NCc4ccc(C)o4)NO3)CC2)cc1. The summed E-state index contributed by atoms with van der Waals surface area (Å²) in [4.78, 5) is 32.7. The second kappa shape index (κ2) is 8.23. The van der Waals surface area contributed by atoms with Crippen molar-refractivity contribution < 1.29 is 23.6 Å². The Bertz CT molecular complexity index is 955. The van der Waals surface area contributed by atoms with Crippen LogP contribution in [0.15, 0.2) is 52.6 Å². The van der Waals surface area contributed by atoms with E-state index in [9.17, 15) is 9.59 Å². The Morgan fingerprint density at radius 3 is 2.53 bits per heavy atom. The van der Waals surface area contributed by atoms with Crippen molar-refractivity contribution >= 4 is 11.8 Å². The van der Waals surface area contributed by atoms with Crippen molar-refractivity contribution in [3.63, 3.8) is 0 Å². The number of nitrogens with one attached hydrogen (secondary N) is 2. The van der Waals surface area contributed by atoms with E-state index in [-0.39, 0.29) is 11.8 Å². The number of rotatable bonds is 5. The molecule has 0 atom stereocenters. The van der Waals surface area contributed by atoms with Crippen molar-refractivity contribution in [1.82, 2.24) is 15.7 Å². The Morgan fingerprint density at radius 1 is 1.17 bits per heavy atom. The smallest absolute Gasteiger partial charge is 0.269 e. The van der Waals surface area contributed by atoms with E-state index in [0.29, 0.717) is 55.2 Å². The minimum absolute atomic E-state index is 0.0193. The second-order valence-corrected chi connectivity index (χ2v) is 7.54. The maximum Gasteiger partial charge on any atom is 0.269 e. The first-order valence-electron chi connectivity index (χ1n) is 9.92. The zero-order valence-electron chi connectivity index (χ0n) is 17.1. The van der Waals surface area contributed by atoms with Crippen molar-refractivity contribution in [3.8, 4) is 5.75 Å². The lowest BCUT2D eigenvalue weighted by Gasteiger charge is -2.36. The van der Waals surface area contributed by atoms with Crippen molar-refractivity contribution in [2.45, 2.75) is 31.9 Å². The van der Waals surface area contributed by atoms with Crippen LogP contribution in [-0.4, -0.2) is 42.5 Å². The van der Waals surface area contributed by atoms with E-state index in [2.05, 4.69) is 10.8 Å². The Hall–Kier alpha value is -3.26. The van der Waals surface area contributed by atoms with Crippen LogP contribution >= 0.6 is 0 Å². The molecule has 1 aromatic heterocycles. The molecule has 2 aromatic rings. The van der Waals surface area contributed by atoms with Crippen molar-refractivity contribution in [2.24, 2.45) is 0 Å². The fraction of sp³-hybridized carbons (Fsp3) is 0.364. The normalized spacial score (nSPS) is 17.4. The average molecular weight is 411 g/mol. The highest BCUT2D eigenvalue weighted by Crippen LogP contribution is 2.32. The number of hydrogen-bond acceptors (Lipinski definition) is 6. The molecule has 8 nitrogen and oxygen atoms in total. The molecular formula is C22H25N3O5. The molecule has 4 rings (SSSR count). The number of benzene rings is 1. The average Bonchev–Trinajstić information content (AvgIpc) is 3.38. The molecule has 0 saturated carbocycles. The highest BCUT2D eigenvalue weighted by Gasteiger charge is 2.41. The van der Waals surface area contributed by atoms with Crippen LogP contribution in [-0.2, 0) is 16.2 Å². The van der Waals surface area contributed by atoms with Gasteiger partial charge in [-0.25, -0.2) is 0 Å². The molecule has 158 valence electrons. The summed E-state index contributed by atoms with van der Waals surface area (Å²) in [6, 6.07) is 10.8. The molecule has 2 N–H and O–H groups in total. The second-order valence-electron chi connectivity index (χ2n) is 7.54. The molecule has 1 spiro atoms. The lowest BCUT2D eigenvalue weighted by molar-refractivity contribution is -0.120. The highest BCUT2D eigenvalue weighted by atomic mass is 16.7. The molecule has 2 aliphatic heterocycles. The number of carbonyl (C=O) groups excluding carboxylic acids is 2. The molecule has 1 aromatic carbocycles. The van der Waals surface area contributed by atoms with Crippen LogP contribution in [0.5, 0.6) is 5.75 Å². The standard InChI is InChI=1S/C22H25N3O5/c1-15-3-6-18(29-15)14-23-20(26)19-13-22(30-24-19)9-11-25(12-10-22)21(27)16-4-7-17(28-2)8-5-16/h3-8,13,24H,9-12,14H2,1-2H3,(H,23,26). The number of piperidine rings is 1. The summed E-state index contributed by atoms with van der Waals surface area (Å²) in [5, 5.41) is 2.82. The minimum atomic E-state index is -0.579. The van der Waals surface area contributed by atoms with Crippen LogP contribution in [0.4, 0.5) is 0 Å². The fourth-order valence-corrected chi connectivity index (χ4v) is 3.68. The van der Waals surface area contributed by atoms with Crippen LogP contribution < -0.4 is 15.5 Å². The summed E-state index contributed by atoms with van der Waals surface area (Å²) in [6.07, 6.45) is 3.04. The molecule has 2 amide bonds. The van der Waals surface area contributed by atoms with Crippen molar-refractivity contribution in [3.05, 3.63) is 65.3 Å². The van der Waals surface area contributed by atoms with Gasteiger partial charge in [0.15, 0.2) is 0 Å². The number of methoxy groups -OCH3 is 1. The van der Waals surface area contributed by atoms with Crippen LogP contribution in [0, 0.1) is 6.92 Å². The third kappa shape index (κ3) is 4.18. The number of nitrogens with zero attached hydrogens (tertiary/aromatic N) is 1. The Labute approximate surface area is 174 Å². The minimum Gasteiger partial charge on any atom is -0.497 e. The van der Waals surface area contributed by atoms with E-state index >= 15 is 0 Å². The van der Waals surface area contributed by atoms with Crippen LogP contribution in [0.1, 0.15) is 34.7 Å². The molecule has 0 aliphatic carbocycles.